The monoisotopic (exact) mass is 199 g/mol. The number of ether oxygens (including phenoxy) is 1. The van der Waals surface area contributed by atoms with Crippen molar-refractivity contribution in [3.8, 4) is 0 Å². The summed E-state index contributed by atoms with van der Waals surface area (Å²) in [6.45, 7) is 9.39. The zero-order valence-electron chi connectivity index (χ0n) is 9.00. The fourth-order valence-electron chi connectivity index (χ4n) is 0.515. The third kappa shape index (κ3) is 6.22. The first-order chi connectivity index (χ1) is 6.57. The molecule has 0 saturated heterocycles. The molecule has 0 aromatic rings. The maximum absolute atomic E-state index is 10.9. The van der Waals surface area contributed by atoms with Crippen LogP contribution in [0.15, 0.2) is 17.3 Å². The maximum atomic E-state index is 10.9. The Morgan fingerprint density at radius 3 is 2.50 bits per heavy atom. The highest BCUT2D eigenvalue weighted by atomic mass is 16.6. The van der Waals surface area contributed by atoms with Crippen LogP contribution in [0.3, 0.4) is 0 Å². The molecule has 0 aromatic carbocycles. The Kier molecular flexibility index (Phi) is 6.45. The van der Waals surface area contributed by atoms with Crippen LogP contribution in [0.1, 0.15) is 27.2 Å². The Balaban J connectivity index is 3.48. The Bertz CT molecular complexity index is 234. The molecule has 0 saturated carbocycles. The van der Waals surface area contributed by atoms with Gasteiger partial charge >= 0.3 is 5.97 Å². The fourth-order valence-corrected chi connectivity index (χ4v) is 0.515. The summed E-state index contributed by atoms with van der Waals surface area (Å²) in [7, 11) is 0. The third-order valence-corrected chi connectivity index (χ3v) is 1.49. The van der Waals surface area contributed by atoms with Crippen LogP contribution in [-0.4, -0.2) is 24.9 Å². The van der Waals surface area contributed by atoms with Gasteiger partial charge in [0.2, 0.25) is 0 Å². The summed E-state index contributed by atoms with van der Waals surface area (Å²) < 4.78 is 4.79. The summed E-state index contributed by atoms with van der Waals surface area (Å²) in [4.78, 5) is 15.8. The summed E-state index contributed by atoms with van der Waals surface area (Å²) in [5.41, 5.74) is 1.30. The number of rotatable bonds is 6. The molecule has 0 heterocycles. The molecule has 80 valence electrons. The van der Waals surface area contributed by atoms with Crippen LogP contribution < -0.4 is 0 Å². The van der Waals surface area contributed by atoms with E-state index in [1.54, 1.807) is 6.92 Å². The van der Waals surface area contributed by atoms with Gasteiger partial charge in [0.15, 0.2) is 6.61 Å². The van der Waals surface area contributed by atoms with E-state index >= 15 is 0 Å². The number of hydrogen-bond acceptors (Lipinski definition) is 4. The van der Waals surface area contributed by atoms with Crippen LogP contribution in [0.2, 0.25) is 0 Å². The first kappa shape index (κ1) is 12.7. The molecule has 0 N–H and O–H groups in total. The molecule has 0 spiro atoms. The number of nitrogens with zero attached hydrogens (tertiary/aromatic N) is 1. The van der Waals surface area contributed by atoms with Gasteiger partial charge in [0.05, 0.1) is 5.71 Å². The van der Waals surface area contributed by atoms with Crippen LogP contribution >= 0.6 is 0 Å². The molecular weight excluding hydrogens is 182 g/mol. The predicted molar refractivity (Wildman–Crippen MR) is 55.1 cm³/mol. The Morgan fingerprint density at radius 1 is 1.36 bits per heavy atom. The zero-order chi connectivity index (χ0) is 11.0. The van der Waals surface area contributed by atoms with Crippen molar-refractivity contribution in [1.82, 2.24) is 0 Å². The summed E-state index contributed by atoms with van der Waals surface area (Å²) in [6.07, 6.45) is 0.853. The predicted octanol–water partition coefficient (Wildman–Crippen LogP) is 1.91. The van der Waals surface area contributed by atoms with Crippen molar-refractivity contribution in [3.63, 3.8) is 0 Å². The van der Waals surface area contributed by atoms with E-state index in [9.17, 15) is 4.79 Å². The second-order valence-corrected chi connectivity index (χ2v) is 2.93. The number of hydrogen-bond donors (Lipinski definition) is 0. The summed E-state index contributed by atoms with van der Waals surface area (Å²) in [5.74, 6) is -0.398. The first-order valence-electron chi connectivity index (χ1n) is 4.56. The molecule has 14 heavy (non-hydrogen) atoms. The van der Waals surface area contributed by atoms with E-state index in [1.807, 2.05) is 13.8 Å². The molecule has 0 aliphatic carbocycles. The van der Waals surface area contributed by atoms with E-state index in [2.05, 4.69) is 11.7 Å². The van der Waals surface area contributed by atoms with Crippen molar-refractivity contribution in [2.75, 3.05) is 13.2 Å². The van der Waals surface area contributed by atoms with Gasteiger partial charge in [-0.15, -0.1) is 0 Å². The van der Waals surface area contributed by atoms with Crippen molar-refractivity contribution in [1.29, 1.82) is 0 Å². The van der Waals surface area contributed by atoms with Crippen molar-refractivity contribution in [2.24, 2.45) is 5.16 Å². The van der Waals surface area contributed by atoms with Crippen molar-refractivity contribution < 1.29 is 14.4 Å². The Hall–Kier alpha value is -1.32. The summed E-state index contributed by atoms with van der Waals surface area (Å²) >= 11 is 0. The number of oxime groups is 1. The SMILES string of the molecule is C=C(C)C(=O)OCCO/N=C(\C)CC. The van der Waals surface area contributed by atoms with Gasteiger partial charge in [0.1, 0.15) is 6.61 Å². The van der Waals surface area contributed by atoms with Crippen LogP contribution in [0, 0.1) is 0 Å². The maximum Gasteiger partial charge on any atom is 0.333 e. The third-order valence-electron chi connectivity index (χ3n) is 1.49. The highest BCUT2D eigenvalue weighted by Gasteiger charge is 2.01. The molecule has 0 fully saturated rings. The van der Waals surface area contributed by atoms with Crippen molar-refractivity contribution in [2.45, 2.75) is 27.2 Å². The van der Waals surface area contributed by atoms with Crippen LogP contribution in [-0.2, 0) is 14.4 Å². The van der Waals surface area contributed by atoms with Gasteiger partial charge in [-0.1, -0.05) is 18.7 Å². The molecule has 0 bridgehead atoms. The molecule has 0 radical (unpaired) electrons. The van der Waals surface area contributed by atoms with E-state index in [0.29, 0.717) is 5.57 Å². The lowest BCUT2D eigenvalue weighted by Gasteiger charge is -2.03. The van der Waals surface area contributed by atoms with Gasteiger partial charge in [-0.05, 0) is 20.3 Å². The van der Waals surface area contributed by atoms with E-state index in [0.717, 1.165) is 12.1 Å². The highest BCUT2D eigenvalue weighted by Crippen LogP contribution is 1.92. The van der Waals surface area contributed by atoms with Gasteiger partial charge < -0.3 is 9.57 Å². The van der Waals surface area contributed by atoms with E-state index in [1.165, 1.54) is 0 Å². The second-order valence-electron chi connectivity index (χ2n) is 2.93. The quantitative estimate of drug-likeness (QED) is 0.216. The molecular formula is C10H17NO3. The lowest BCUT2D eigenvalue weighted by Crippen LogP contribution is -2.09. The standard InChI is InChI=1S/C10H17NO3/c1-5-9(4)11-14-7-6-13-10(12)8(2)3/h2,5-7H2,1,3-4H3/b11-9+. The lowest BCUT2D eigenvalue weighted by molar-refractivity contribution is -0.140. The number of carbonyl (C=O) groups is 1. The topological polar surface area (TPSA) is 47.9 Å². The zero-order valence-corrected chi connectivity index (χ0v) is 9.00. The van der Waals surface area contributed by atoms with E-state index in [4.69, 9.17) is 9.57 Å². The van der Waals surface area contributed by atoms with Crippen LogP contribution in [0.5, 0.6) is 0 Å². The second kappa shape index (κ2) is 7.12. The molecule has 0 aliphatic heterocycles. The molecule has 4 nitrogen and oxygen atoms in total. The molecule has 0 unspecified atom stereocenters. The Labute approximate surface area is 84.6 Å². The molecule has 0 aromatic heterocycles. The smallest absolute Gasteiger partial charge is 0.333 e. The summed E-state index contributed by atoms with van der Waals surface area (Å²) in [6, 6.07) is 0. The molecule has 4 heteroatoms. The van der Waals surface area contributed by atoms with Gasteiger partial charge in [-0.25, -0.2) is 4.79 Å². The molecule has 0 aliphatic rings. The van der Waals surface area contributed by atoms with Crippen molar-refractivity contribution in [3.05, 3.63) is 12.2 Å². The largest absolute Gasteiger partial charge is 0.459 e. The van der Waals surface area contributed by atoms with E-state index < -0.39 is 5.97 Å². The lowest BCUT2D eigenvalue weighted by atomic mass is 10.3. The average Bonchev–Trinajstić information content (AvgIpc) is 2.16. The minimum Gasteiger partial charge on any atom is -0.459 e. The van der Waals surface area contributed by atoms with Crippen LogP contribution in [0.25, 0.3) is 0 Å². The first-order valence-corrected chi connectivity index (χ1v) is 4.56. The molecule has 0 atom stereocenters. The minimum atomic E-state index is -0.398. The van der Waals surface area contributed by atoms with Gasteiger partial charge in [0.25, 0.3) is 0 Å². The number of carbonyl (C=O) groups excluding carboxylic acids is 1. The normalized spacial score (nSPS) is 10.9. The van der Waals surface area contributed by atoms with Crippen LogP contribution in [0.4, 0.5) is 0 Å². The van der Waals surface area contributed by atoms with Gasteiger partial charge in [-0.2, -0.15) is 0 Å². The van der Waals surface area contributed by atoms with Crippen molar-refractivity contribution >= 4 is 11.7 Å². The fraction of sp³-hybridized carbons (Fsp3) is 0.600. The summed E-state index contributed by atoms with van der Waals surface area (Å²) in [5, 5.41) is 3.79. The van der Waals surface area contributed by atoms with E-state index in [-0.39, 0.29) is 13.2 Å². The highest BCUT2D eigenvalue weighted by molar-refractivity contribution is 5.86. The van der Waals surface area contributed by atoms with Gasteiger partial charge in [-0.3, -0.25) is 0 Å². The van der Waals surface area contributed by atoms with Gasteiger partial charge in [0, 0.05) is 5.57 Å². The minimum absolute atomic E-state index is 0.201. The molecule has 0 rings (SSSR count). The Morgan fingerprint density at radius 2 is 2.00 bits per heavy atom. The molecule has 0 amide bonds. The number of esters is 1. The average molecular weight is 199 g/mol.